The van der Waals surface area contributed by atoms with Gasteiger partial charge in [0.25, 0.3) is 0 Å². The summed E-state index contributed by atoms with van der Waals surface area (Å²) < 4.78 is 23.1. The quantitative estimate of drug-likeness (QED) is 0.837. The number of amides is 1. The summed E-state index contributed by atoms with van der Waals surface area (Å²) in [5.41, 5.74) is 0.648. The minimum absolute atomic E-state index is 0.187. The second-order valence-corrected chi connectivity index (χ2v) is 5.52. The minimum Gasteiger partial charge on any atom is -0.325 e. The molecule has 0 atom stereocenters. The highest BCUT2D eigenvalue weighted by molar-refractivity contribution is 7.88. The predicted molar refractivity (Wildman–Crippen MR) is 62.5 cm³/mol. The first-order valence-corrected chi connectivity index (χ1v) is 6.50. The van der Waals surface area contributed by atoms with Gasteiger partial charge in [-0.2, -0.15) is 4.31 Å². The Bertz CT molecular complexity index is 456. The van der Waals surface area contributed by atoms with Crippen molar-refractivity contribution in [3.8, 4) is 0 Å². The number of hydrogen-bond donors (Lipinski definition) is 1. The number of likely N-dealkylation sites (N-methyl/N-ethyl adjacent to an activating group) is 1. The fourth-order valence-corrected chi connectivity index (χ4v) is 1.39. The summed E-state index contributed by atoms with van der Waals surface area (Å²) >= 11 is 0. The molecule has 0 aliphatic carbocycles. The number of nitrogens with one attached hydrogen (secondary N) is 1. The third-order valence-corrected chi connectivity index (χ3v) is 3.25. The van der Waals surface area contributed by atoms with E-state index in [4.69, 9.17) is 0 Å². The van der Waals surface area contributed by atoms with E-state index >= 15 is 0 Å². The lowest BCUT2D eigenvalue weighted by molar-refractivity contribution is -0.116. The van der Waals surface area contributed by atoms with Crippen molar-refractivity contribution in [2.75, 3.05) is 25.2 Å². The summed E-state index contributed by atoms with van der Waals surface area (Å²) in [6.45, 7) is -0.187. The molecule has 5 nitrogen and oxygen atoms in total. The van der Waals surface area contributed by atoms with E-state index in [1.54, 1.807) is 24.3 Å². The molecule has 0 heterocycles. The monoisotopic (exact) mass is 242 g/mol. The smallest absolute Gasteiger partial charge is 0.239 e. The number of carbonyl (C=O) groups is 1. The second-order valence-electron chi connectivity index (χ2n) is 3.43. The molecule has 1 N–H and O–H groups in total. The van der Waals surface area contributed by atoms with Crippen molar-refractivity contribution in [3.63, 3.8) is 0 Å². The number of rotatable bonds is 4. The van der Waals surface area contributed by atoms with Crippen LogP contribution >= 0.6 is 0 Å². The van der Waals surface area contributed by atoms with Crippen molar-refractivity contribution < 1.29 is 13.2 Å². The van der Waals surface area contributed by atoms with Gasteiger partial charge in [0.15, 0.2) is 0 Å². The molecule has 0 aromatic heterocycles. The van der Waals surface area contributed by atoms with Crippen molar-refractivity contribution >= 4 is 21.6 Å². The van der Waals surface area contributed by atoms with Crippen LogP contribution in [0.2, 0.25) is 0 Å². The topological polar surface area (TPSA) is 66.5 Å². The van der Waals surface area contributed by atoms with Gasteiger partial charge in [0.1, 0.15) is 0 Å². The summed E-state index contributed by atoms with van der Waals surface area (Å²) in [7, 11) is -1.96. The molecule has 0 aliphatic rings. The molecule has 0 aliphatic heterocycles. The van der Waals surface area contributed by atoms with Crippen LogP contribution in [0.4, 0.5) is 5.69 Å². The molecule has 0 saturated carbocycles. The Morgan fingerprint density at radius 2 is 1.88 bits per heavy atom. The van der Waals surface area contributed by atoms with Gasteiger partial charge < -0.3 is 5.32 Å². The average molecular weight is 242 g/mol. The van der Waals surface area contributed by atoms with E-state index in [9.17, 15) is 13.2 Å². The molecule has 0 spiro atoms. The van der Waals surface area contributed by atoms with Gasteiger partial charge in [0, 0.05) is 12.7 Å². The number of benzene rings is 1. The van der Waals surface area contributed by atoms with E-state index in [1.165, 1.54) is 7.05 Å². The van der Waals surface area contributed by atoms with E-state index < -0.39 is 10.0 Å². The van der Waals surface area contributed by atoms with E-state index in [0.717, 1.165) is 10.6 Å². The van der Waals surface area contributed by atoms with Gasteiger partial charge in [-0.05, 0) is 12.1 Å². The maximum Gasteiger partial charge on any atom is 0.239 e. The van der Waals surface area contributed by atoms with Crippen LogP contribution in [-0.2, 0) is 14.8 Å². The Hall–Kier alpha value is -1.40. The minimum atomic E-state index is -3.32. The molecule has 0 fully saturated rings. The molecule has 0 saturated heterocycles. The first-order valence-electron chi connectivity index (χ1n) is 4.66. The van der Waals surface area contributed by atoms with Crippen LogP contribution in [0.25, 0.3) is 0 Å². The Morgan fingerprint density at radius 3 is 2.38 bits per heavy atom. The summed E-state index contributed by atoms with van der Waals surface area (Å²) in [5.74, 6) is -0.362. The molecule has 1 aromatic carbocycles. The van der Waals surface area contributed by atoms with Gasteiger partial charge >= 0.3 is 0 Å². The van der Waals surface area contributed by atoms with Gasteiger partial charge in [-0.15, -0.1) is 0 Å². The highest BCUT2D eigenvalue weighted by atomic mass is 32.2. The number of sulfonamides is 1. The number of hydrogen-bond acceptors (Lipinski definition) is 3. The summed E-state index contributed by atoms with van der Waals surface area (Å²) in [6.07, 6.45) is 1.06. The van der Waals surface area contributed by atoms with Crippen LogP contribution in [-0.4, -0.2) is 38.5 Å². The summed E-state index contributed by atoms with van der Waals surface area (Å²) in [6, 6.07) is 8.88. The van der Waals surface area contributed by atoms with Crippen molar-refractivity contribution in [1.82, 2.24) is 4.31 Å². The molecule has 1 aromatic rings. The highest BCUT2D eigenvalue weighted by Crippen LogP contribution is 2.05. The molecule has 16 heavy (non-hydrogen) atoms. The maximum atomic E-state index is 11.5. The van der Waals surface area contributed by atoms with Crippen molar-refractivity contribution in [2.24, 2.45) is 0 Å². The van der Waals surface area contributed by atoms with Crippen LogP contribution in [0.1, 0.15) is 0 Å². The van der Waals surface area contributed by atoms with Gasteiger partial charge in [0.05, 0.1) is 12.8 Å². The molecule has 88 valence electrons. The molecule has 1 rings (SSSR count). The van der Waals surface area contributed by atoms with Crippen LogP contribution in [0.3, 0.4) is 0 Å². The first-order chi connectivity index (χ1) is 7.39. The van der Waals surface area contributed by atoms with Gasteiger partial charge in [-0.25, -0.2) is 8.42 Å². The van der Waals surface area contributed by atoms with Crippen LogP contribution in [0.5, 0.6) is 0 Å². The molecule has 6 heteroatoms. The highest BCUT2D eigenvalue weighted by Gasteiger charge is 2.14. The molecule has 0 unspecified atom stereocenters. The Labute approximate surface area is 95.1 Å². The number of nitrogens with zero attached hydrogens (tertiary/aromatic N) is 1. The van der Waals surface area contributed by atoms with Gasteiger partial charge in [0.2, 0.25) is 15.9 Å². The van der Waals surface area contributed by atoms with E-state index in [-0.39, 0.29) is 12.5 Å². The molecule has 0 bridgehead atoms. The lowest BCUT2D eigenvalue weighted by atomic mass is 10.3. The van der Waals surface area contributed by atoms with E-state index in [1.807, 2.05) is 6.07 Å². The van der Waals surface area contributed by atoms with Crippen molar-refractivity contribution in [1.29, 1.82) is 0 Å². The largest absolute Gasteiger partial charge is 0.325 e. The van der Waals surface area contributed by atoms with Crippen molar-refractivity contribution in [2.45, 2.75) is 0 Å². The Balaban J connectivity index is 2.56. The molecule has 0 radical (unpaired) electrons. The Kier molecular flexibility index (Phi) is 4.03. The maximum absolute atomic E-state index is 11.5. The standard InChI is InChI=1S/C10H14N2O3S/c1-12(16(2,14)15)8-10(13)11-9-6-4-3-5-7-9/h3-7H,8H2,1-2H3,(H,11,13). The van der Waals surface area contributed by atoms with Gasteiger partial charge in [-0.3, -0.25) is 4.79 Å². The third kappa shape index (κ3) is 4.00. The SMILES string of the molecule is CN(CC(=O)Nc1ccccc1)S(C)(=O)=O. The van der Waals surface area contributed by atoms with E-state index in [0.29, 0.717) is 5.69 Å². The van der Waals surface area contributed by atoms with Crippen molar-refractivity contribution in [3.05, 3.63) is 30.3 Å². The average Bonchev–Trinajstić information content (AvgIpc) is 2.17. The summed E-state index contributed by atoms with van der Waals surface area (Å²) in [5, 5.41) is 2.60. The number of anilines is 1. The van der Waals surface area contributed by atoms with Crippen LogP contribution in [0.15, 0.2) is 30.3 Å². The van der Waals surface area contributed by atoms with Crippen LogP contribution in [0, 0.1) is 0 Å². The number of para-hydroxylation sites is 1. The zero-order chi connectivity index (χ0) is 12.2. The second kappa shape index (κ2) is 5.09. The van der Waals surface area contributed by atoms with E-state index in [2.05, 4.69) is 5.32 Å². The lowest BCUT2D eigenvalue weighted by Gasteiger charge is -2.13. The molecular weight excluding hydrogens is 228 g/mol. The number of carbonyl (C=O) groups excluding carboxylic acids is 1. The summed E-state index contributed by atoms with van der Waals surface area (Å²) in [4.78, 5) is 11.5. The molecular formula is C10H14N2O3S. The zero-order valence-electron chi connectivity index (χ0n) is 9.17. The zero-order valence-corrected chi connectivity index (χ0v) is 9.99. The van der Waals surface area contributed by atoms with Crippen LogP contribution < -0.4 is 5.32 Å². The molecule has 1 amide bonds. The Morgan fingerprint density at radius 1 is 1.31 bits per heavy atom. The van der Waals surface area contributed by atoms with Gasteiger partial charge in [-0.1, -0.05) is 18.2 Å². The first kappa shape index (κ1) is 12.7. The predicted octanol–water partition coefficient (Wildman–Crippen LogP) is 0.516. The fourth-order valence-electron chi connectivity index (χ4n) is 1.04. The lowest BCUT2D eigenvalue weighted by Crippen LogP contribution is -2.34. The normalized spacial score (nSPS) is 11.4. The fraction of sp³-hybridized carbons (Fsp3) is 0.300. The third-order valence-electron chi connectivity index (χ3n) is 1.99.